The molecule has 0 bridgehead atoms. The molecular formula is C17H29ClN4O2. The monoisotopic (exact) mass is 356 g/mol. The highest BCUT2D eigenvalue weighted by molar-refractivity contribution is 6.28. The summed E-state index contributed by atoms with van der Waals surface area (Å²) in [6, 6.07) is -0.133. The predicted octanol–water partition coefficient (Wildman–Crippen LogP) is 3.11. The number of hydrogen-bond donors (Lipinski definition) is 2. The first kappa shape index (κ1) is 20.6. The zero-order valence-corrected chi connectivity index (χ0v) is 16.0. The van der Waals surface area contributed by atoms with Crippen LogP contribution in [0.3, 0.4) is 0 Å². The van der Waals surface area contributed by atoms with Gasteiger partial charge in [0.2, 0.25) is 5.28 Å². The van der Waals surface area contributed by atoms with Gasteiger partial charge in [0.05, 0.1) is 19.2 Å². The topological polar surface area (TPSA) is 90.1 Å². The quantitative estimate of drug-likeness (QED) is 0.422. The molecule has 0 aliphatic carbocycles. The molecule has 3 N–H and O–H groups in total. The summed E-state index contributed by atoms with van der Waals surface area (Å²) < 4.78 is 4.81. The van der Waals surface area contributed by atoms with E-state index in [4.69, 9.17) is 22.1 Å². The maximum atomic E-state index is 11.7. The normalized spacial score (nSPS) is 12.8. The molecule has 1 rings (SSSR count). The average Bonchev–Trinajstić information content (AvgIpc) is 2.49. The summed E-state index contributed by atoms with van der Waals surface area (Å²) in [7, 11) is 1.39. The van der Waals surface area contributed by atoms with E-state index in [9.17, 15) is 4.79 Å². The minimum atomic E-state index is -0.261. The van der Waals surface area contributed by atoms with Crippen molar-refractivity contribution in [3.63, 3.8) is 0 Å². The summed E-state index contributed by atoms with van der Waals surface area (Å²) in [5, 5.41) is 3.57. The van der Waals surface area contributed by atoms with E-state index in [1.165, 1.54) is 7.11 Å². The van der Waals surface area contributed by atoms with Gasteiger partial charge in [-0.05, 0) is 49.7 Å². The van der Waals surface area contributed by atoms with Gasteiger partial charge < -0.3 is 15.8 Å². The fourth-order valence-corrected chi connectivity index (χ4v) is 2.53. The van der Waals surface area contributed by atoms with Crippen molar-refractivity contribution in [2.75, 3.05) is 19.0 Å². The summed E-state index contributed by atoms with van der Waals surface area (Å²) in [4.78, 5) is 20.4. The van der Waals surface area contributed by atoms with Crippen LogP contribution in [-0.2, 0) is 16.0 Å². The molecule has 0 aromatic carbocycles. The number of unbranched alkanes of at least 4 members (excludes halogenated alkanes) is 1. The van der Waals surface area contributed by atoms with Crippen LogP contribution in [0.4, 0.5) is 5.82 Å². The number of nitrogens with two attached hydrogens (primary N) is 1. The number of rotatable bonds is 8. The molecule has 0 aliphatic rings. The lowest BCUT2D eigenvalue weighted by molar-refractivity contribution is -0.141. The number of aromatic nitrogens is 2. The first-order chi connectivity index (χ1) is 11.2. The SMILES string of the molecule is COC(=O)CC(Nc1nc(Cl)nc(CCCCN)c1C)C(C)(C)C. The molecule has 0 fully saturated rings. The minimum Gasteiger partial charge on any atom is -0.469 e. The number of methoxy groups -OCH3 is 1. The molecule has 1 unspecified atom stereocenters. The van der Waals surface area contributed by atoms with Crippen molar-refractivity contribution in [2.24, 2.45) is 11.1 Å². The van der Waals surface area contributed by atoms with E-state index in [1.54, 1.807) is 0 Å². The molecule has 0 saturated heterocycles. The van der Waals surface area contributed by atoms with Gasteiger partial charge >= 0.3 is 5.97 Å². The van der Waals surface area contributed by atoms with Gasteiger partial charge in [-0.1, -0.05) is 20.8 Å². The Bertz CT molecular complexity index is 558. The van der Waals surface area contributed by atoms with Crippen LogP contribution in [0.2, 0.25) is 5.28 Å². The molecule has 0 aliphatic heterocycles. The Balaban J connectivity index is 3.03. The standard InChI is InChI=1S/C17H29ClN4O2/c1-11-12(8-6-7-9-19)20-16(18)22-15(11)21-13(17(2,3)4)10-14(23)24-5/h13H,6-10,19H2,1-5H3,(H,20,21,22). The molecule has 136 valence electrons. The Hall–Kier alpha value is -1.40. The number of aryl methyl sites for hydroxylation is 1. The zero-order chi connectivity index (χ0) is 18.3. The summed E-state index contributed by atoms with van der Waals surface area (Å²) in [6.45, 7) is 8.82. The van der Waals surface area contributed by atoms with Crippen LogP contribution in [0.5, 0.6) is 0 Å². The van der Waals surface area contributed by atoms with E-state index in [0.29, 0.717) is 12.4 Å². The number of anilines is 1. The van der Waals surface area contributed by atoms with Crippen LogP contribution in [0.25, 0.3) is 0 Å². The van der Waals surface area contributed by atoms with Gasteiger partial charge in [-0.25, -0.2) is 9.97 Å². The number of esters is 1. The van der Waals surface area contributed by atoms with Gasteiger partial charge in [-0.3, -0.25) is 4.79 Å². The Kier molecular flexibility index (Phi) is 7.90. The van der Waals surface area contributed by atoms with Crippen LogP contribution >= 0.6 is 11.6 Å². The maximum absolute atomic E-state index is 11.7. The van der Waals surface area contributed by atoms with Crippen LogP contribution in [-0.4, -0.2) is 35.6 Å². The van der Waals surface area contributed by atoms with Gasteiger partial charge in [-0.2, -0.15) is 0 Å². The molecule has 0 spiro atoms. The number of carbonyl (C=O) groups is 1. The number of hydrogen-bond acceptors (Lipinski definition) is 6. The lowest BCUT2D eigenvalue weighted by atomic mass is 9.84. The second-order valence-electron chi connectivity index (χ2n) is 7.00. The van der Waals surface area contributed by atoms with Gasteiger partial charge in [-0.15, -0.1) is 0 Å². The minimum absolute atomic E-state index is 0.133. The van der Waals surface area contributed by atoms with Gasteiger partial charge in [0.1, 0.15) is 5.82 Å². The lowest BCUT2D eigenvalue weighted by Crippen LogP contribution is -2.37. The molecule has 6 nitrogen and oxygen atoms in total. The van der Waals surface area contributed by atoms with Crippen LogP contribution < -0.4 is 11.1 Å². The highest BCUT2D eigenvalue weighted by Crippen LogP contribution is 2.28. The number of ether oxygens (including phenoxy) is 1. The van der Waals surface area contributed by atoms with Crippen molar-refractivity contribution >= 4 is 23.4 Å². The summed E-state index contributed by atoms with van der Waals surface area (Å²) in [5.74, 6) is 0.407. The summed E-state index contributed by atoms with van der Waals surface area (Å²) >= 11 is 6.09. The van der Waals surface area contributed by atoms with Crippen LogP contribution in [0, 0.1) is 12.3 Å². The highest BCUT2D eigenvalue weighted by atomic mass is 35.5. The summed E-state index contributed by atoms with van der Waals surface area (Å²) in [6.07, 6.45) is 2.95. The summed E-state index contributed by atoms with van der Waals surface area (Å²) in [5.41, 5.74) is 7.26. The van der Waals surface area contributed by atoms with E-state index in [-0.39, 0.29) is 29.1 Å². The van der Waals surface area contributed by atoms with Gasteiger partial charge in [0.15, 0.2) is 0 Å². The molecule has 1 aromatic heterocycles. The maximum Gasteiger partial charge on any atom is 0.307 e. The van der Waals surface area contributed by atoms with E-state index in [0.717, 1.165) is 30.5 Å². The lowest BCUT2D eigenvalue weighted by Gasteiger charge is -2.31. The van der Waals surface area contributed by atoms with Gasteiger partial charge in [0, 0.05) is 11.6 Å². The molecule has 1 heterocycles. The van der Waals surface area contributed by atoms with Gasteiger partial charge in [0.25, 0.3) is 0 Å². The molecule has 1 atom stereocenters. The van der Waals surface area contributed by atoms with Crippen LogP contribution in [0.1, 0.15) is 51.3 Å². The third-order valence-corrected chi connectivity index (χ3v) is 4.21. The van der Waals surface area contributed by atoms with E-state index >= 15 is 0 Å². The van der Waals surface area contributed by atoms with Crippen molar-refractivity contribution in [1.29, 1.82) is 0 Å². The molecule has 0 amide bonds. The molecule has 0 radical (unpaired) electrons. The van der Waals surface area contributed by atoms with Crippen molar-refractivity contribution in [1.82, 2.24) is 9.97 Å². The predicted molar refractivity (Wildman–Crippen MR) is 97.3 cm³/mol. The highest BCUT2D eigenvalue weighted by Gasteiger charge is 2.28. The Morgan fingerprint density at radius 3 is 2.54 bits per heavy atom. The Labute approximate surface area is 149 Å². The number of nitrogens with zero attached hydrogens (tertiary/aromatic N) is 2. The Morgan fingerprint density at radius 1 is 1.33 bits per heavy atom. The number of carbonyl (C=O) groups excluding carboxylic acids is 1. The average molecular weight is 357 g/mol. The van der Waals surface area contributed by atoms with Crippen molar-refractivity contribution in [3.8, 4) is 0 Å². The third kappa shape index (κ3) is 6.24. The molecule has 1 aromatic rings. The fraction of sp³-hybridized carbons (Fsp3) is 0.706. The van der Waals surface area contributed by atoms with Crippen LogP contribution in [0.15, 0.2) is 0 Å². The van der Waals surface area contributed by atoms with E-state index < -0.39 is 0 Å². The number of nitrogens with one attached hydrogen (secondary N) is 1. The first-order valence-corrected chi connectivity index (χ1v) is 8.63. The smallest absolute Gasteiger partial charge is 0.307 e. The third-order valence-electron chi connectivity index (χ3n) is 4.04. The second kappa shape index (κ2) is 9.18. The van der Waals surface area contributed by atoms with Crippen molar-refractivity contribution in [3.05, 3.63) is 16.5 Å². The Morgan fingerprint density at radius 2 is 2.00 bits per heavy atom. The second-order valence-corrected chi connectivity index (χ2v) is 7.34. The molecule has 0 saturated carbocycles. The zero-order valence-electron chi connectivity index (χ0n) is 15.3. The molecule has 24 heavy (non-hydrogen) atoms. The van der Waals surface area contributed by atoms with E-state index in [1.807, 2.05) is 6.92 Å². The molecule has 7 heteroatoms. The fourth-order valence-electron chi connectivity index (χ4n) is 2.34. The molecular weight excluding hydrogens is 328 g/mol. The first-order valence-electron chi connectivity index (χ1n) is 8.25. The largest absolute Gasteiger partial charge is 0.469 e. The number of halogens is 1. The van der Waals surface area contributed by atoms with Crippen molar-refractivity contribution < 1.29 is 9.53 Å². The van der Waals surface area contributed by atoms with Crippen molar-refractivity contribution in [2.45, 2.75) is 59.4 Å². The van der Waals surface area contributed by atoms with E-state index in [2.05, 4.69) is 36.1 Å².